The molecule has 3 N–H and O–H groups in total. The van der Waals surface area contributed by atoms with Crippen molar-refractivity contribution in [3.8, 4) is 6.07 Å². The van der Waals surface area contributed by atoms with Crippen molar-refractivity contribution in [1.29, 1.82) is 5.26 Å². The normalized spacial score (nSPS) is 11.5. The van der Waals surface area contributed by atoms with Crippen molar-refractivity contribution in [3.63, 3.8) is 0 Å². The molecule has 0 radical (unpaired) electrons. The van der Waals surface area contributed by atoms with Gasteiger partial charge in [0.15, 0.2) is 0 Å². The zero-order chi connectivity index (χ0) is 15.1. The molecular weight excluding hydrogens is 258 g/mol. The van der Waals surface area contributed by atoms with Crippen LogP contribution in [0.2, 0.25) is 0 Å². The van der Waals surface area contributed by atoms with Gasteiger partial charge >= 0.3 is 12.0 Å². The summed E-state index contributed by atoms with van der Waals surface area (Å²) < 4.78 is 0. The molecule has 20 heavy (non-hydrogen) atoms. The van der Waals surface area contributed by atoms with Gasteiger partial charge in [0.25, 0.3) is 0 Å². The number of benzene rings is 1. The van der Waals surface area contributed by atoms with Crippen LogP contribution >= 0.6 is 0 Å². The lowest BCUT2D eigenvalue weighted by atomic mass is 10.0. The molecule has 6 nitrogen and oxygen atoms in total. The number of nitrogens with zero attached hydrogens (tertiary/aromatic N) is 1. The lowest BCUT2D eigenvalue weighted by Crippen LogP contribution is -2.42. The van der Waals surface area contributed by atoms with Crippen molar-refractivity contribution >= 4 is 17.7 Å². The number of aliphatic carboxylic acids is 1. The molecule has 0 aliphatic heterocycles. The summed E-state index contributed by atoms with van der Waals surface area (Å²) in [5.41, 5.74) is 0.924. The Labute approximate surface area is 117 Å². The minimum atomic E-state index is -0.963. The molecule has 0 fully saturated rings. The quantitative estimate of drug-likeness (QED) is 0.766. The first-order chi connectivity index (χ1) is 9.42. The van der Waals surface area contributed by atoms with E-state index < -0.39 is 18.0 Å². The monoisotopic (exact) mass is 275 g/mol. The van der Waals surface area contributed by atoms with Gasteiger partial charge in [-0.25, -0.2) is 4.79 Å². The first kappa shape index (κ1) is 15.5. The fourth-order valence-electron chi connectivity index (χ4n) is 1.64. The Morgan fingerprint density at radius 2 is 2.10 bits per heavy atom. The van der Waals surface area contributed by atoms with Gasteiger partial charge in [-0.2, -0.15) is 5.26 Å². The predicted octanol–water partition coefficient (Wildman–Crippen LogP) is 2.18. The Morgan fingerprint density at radius 3 is 2.65 bits per heavy atom. The van der Waals surface area contributed by atoms with Gasteiger partial charge in [0.1, 0.15) is 0 Å². The van der Waals surface area contributed by atoms with Gasteiger partial charge in [-0.3, -0.25) is 4.79 Å². The molecule has 2 amide bonds. The molecule has 0 heterocycles. The maximum absolute atomic E-state index is 11.8. The molecule has 1 unspecified atom stereocenters. The van der Waals surface area contributed by atoms with Gasteiger partial charge in [-0.05, 0) is 24.1 Å². The summed E-state index contributed by atoms with van der Waals surface area (Å²) in [5, 5.41) is 22.8. The Balaban J connectivity index is 2.65. The van der Waals surface area contributed by atoms with E-state index in [1.165, 1.54) is 0 Å². The number of carboxylic acids is 1. The van der Waals surface area contributed by atoms with Crippen LogP contribution in [0.3, 0.4) is 0 Å². The number of urea groups is 1. The summed E-state index contributed by atoms with van der Waals surface area (Å²) >= 11 is 0. The molecule has 0 bridgehead atoms. The zero-order valence-electron chi connectivity index (χ0n) is 11.4. The van der Waals surface area contributed by atoms with E-state index in [0.717, 1.165) is 0 Å². The second-order valence-corrected chi connectivity index (χ2v) is 4.74. The number of carbonyl (C=O) groups is 2. The highest BCUT2D eigenvalue weighted by molar-refractivity contribution is 5.89. The van der Waals surface area contributed by atoms with E-state index in [-0.39, 0.29) is 12.3 Å². The van der Waals surface area contributed by atoms with E-state index >= 15 is 0 Å². The Bertz CT molecular complexity index is 535. The number of nitriles is 1. The highest BCUT2D eigenvalue weighted by Crippen LogP contribution is 2.11. The zero-order valence-corrected chi connectivity index (χ0v) is 11.4. The summed E-state index contributed by atoms with van der Waals surface area (Å²) in [6, 6.07) is 7.52. The number of anilines is 1. The van der Waals surface area contributed by atoms with E-state index in [0.29, 0.717) is 11.3 Å². The standard InChI is InChI=1S/C14H17N3O3/c1-9(2)12(7-13(18)19)17-14(20)16-11-5-3-4-10(6-11)8-15/h3-6,9,12H,7H2,1-2H3,(H,18,19)(H2,16,17,20). The molecule has 1 atom stereocenters. The van der Waals surface area contributed by atoms with Crippen LogP contribution in [0.1, 0.15) is 25.8 Å². The van der Waals surface area contributed by atoms with Crippen molar-refractivity contribution in [1.82, 2.24) is 5.32 Å². The summed E-state index contributed by atoms with van der Waals surface area (Å²) in [4.78, 5) is 22.5. The van der Waals surface area contributed by atoms with Crippen LogP contribution < -0.4 is 10.6 Å². The van der Waals surface area contributed by atoms with Crippen molar-refractivity contribution < 1.29 is 14.7 Å². The second-order valence-electron chi connectivity index (χ2n) is 4.74. The van der Waals surface area contributed by atoms with Gasteiger partial charge in [0.2, 0.25) is 0 Å². The van der Waals surface area contributed by atoms with Crippen molar-refractivity contribution in [2.45, 2.75) is 26.3 Å². The Morgan fingerprint density at radius 1 is 1.40 bits per heavy atom. The fourth-order valence-corrected chi connectivity index (χ4v) is 1.64. The highest BCUT2D eigenvalue weighted by Gasteiger charge is 2.19. The molecule has 1 aromatic rings. The molecule has 0 aliphatic rings. The van der Waals surface area contributed by atoms with E-state index in [1.54, 1.807) is 24.3 Å². The molecule has 6 heteroatoms. The summed E-state index contributed by atoms with van der Waals surface area (Å²) in [6.45, 7) is 3.67. The largest absolute Gasteiger partial charge is 0.481 e. The first-order valence-corrected chi connectivity index (χ1v) is 6.22. The SMILES string of the molecule is CC(C)C(CC(=O)O)NC(=O)Nc1cccc(C#N)c1. The molecule has 106 valence electrons. The second kappa shape index (κ2) is 7.14. The number of nitrogens with one attached hydrogen (secondary N) is 2. The topological polar surface area (TPSA) is 102 Å². The maximum atomic E-state index is 11.8. The van der Waals surface area contributed by atoms with E-state index in [1.807, 2.05) is 19.9 Å². The lowest BCUT2D eigenvalue weighted by molar-refractivity contribution is -0.137. The third-order valence-electron chi connectivity index (χ3n) is 2.77. The van der Waals surface area contributed by atoms with Crippen LogP contribution in [0.5, 0.6) is 0 Å². The van der Waals surface area contributed by atoms with Gasteiger partial charge in [-0.15, -0.1) is 0 Å². The first-order valence-electron chi connectivity index (χ1n) is 6.22. The molecule has 0 aromatic heterocycles. The van der Waals surface area contributed by atoms with Crippen molar-refractivity contribution in [2.24, 2.45) is 5.92 Å². The smallest absolute Gasteiger partial charge is 0.319 e. The average molecular weight is 275 g/mol. The Hall–Kier alpha value is -2.55. The number of carbonyl (C=O) groups excluding carboxylic acids is 1. The summed E-state index contributed by atoms with van der Waals surface area (Å²) in [7, 11) is 0. The molecule has 1 aromatic carbocycles. The molecule has 0 saturated heterocycles. The predicted molar refractivity (Wildman–Crippen MR) is 74.2 cm³/mol. The Kier molecular flexibility index (Phi) is 5.54. The number of rotatable bonds is 5. The van der Waals surface area contributed by atoms with Crippen LogP contribution in [0.25, 0.3) is 0 Å². The van der Waals surface area contributed by atoms with E-state index in [2.05, 4.69) is 10.6 Å². The van der Waals surface area contributed by atoms with Crippen LogP contribution in [0, 0.1) is 17.2 Å². The van der Waals surface area contributed by atoms with Crippen LogP contribution in [-0.2, 0) is 4.79 Å². The number of hydrogen-bond acceptors (Lipinski definition) is 3. The van der Waals surface area contributed by atoms with Gasteiger partial charge in [0.05, 0.1) is 18.1 Å². The average Bonchev–Trinajstić information content (AvgIpc) is 2.37. The summed E-state index contributed by atoms with van der Waals surface area (Å²) in [5.74, 6) is -0.960. The summed E-state index contributed by atoms with van der Waals surface area (Å²) in [6.07, 6.45) is -0.136. The van der Waals surface area contributed by atoms with Gasteiger partial charge in [0, 0.05) is 11.7 Å². The van der Waals surface area contributed by atoms with Crippen molar-refractivity contribution in [3.05, 3.63) is 29.8 Å². The third-order valence-corrected chi connectivity index (χ3v) is 2.77. The van der Waals surface area contributed by atoms with E-state index in [9.17, 15) is 9.59 Å². The number of hydrogen-bond donors (Lipinski definition) is 3. The molecule has 1 rings (SSSR count). The minimum Gasteiger partial charge on any atom is -0.481 e. The maximum Gasteiger partial charge on any atom is 0.319 e. The minimum absolute atomic E-state index is 0.00212. The molecule has 0 saturated carbocycles. The molecule has 0 spiro atoms. The van der Waals surface area contributed by atoms with Crippen LogP contribution in [0.4, 0.5) is 10.5 Å². The third kappa shape index (κ3) is 4.98. The highest BCUT2D eigenvalue weighted by atomic mass is 16.4. The number of amides is 2. The molecular formula is C14H17N3O3. The van der Waals surface area contributed by atoms with Gasteiger partial charge < -0.3 is 15.7 Å². The van der Waals surface area contributed by atoms with Crippen molar-refractivity contribution in [2.75, 3.05) is 5.32 Å². The number of carboxylic acid groups (broad SMARTS) is 1. The molecule has 0 aliphatic carbocycles. The lowest BCUT2D eigenvalue weighted by Gasteiger charge is -2.20. The van der Waals surface area contributed by atoms with E-state index in [4.69, 9.17) is 10.4 Å². The van der Waals surface area contributed by atoms with Crippen LogP contribution in [-0.4, -0.2) is 23.1 Å². The fraction of sp³-hybridized carbons (Fsp3) is 0.357. The van der Waals surface area contributed by atoms with Crippen LogP contribution in [0.15, 0.2) is 24.3 Å². The van der Waals surface area contributed by atoms with Gasteiger partial charge in [-0.1, -0.05) is 19.9 Å².